The van der Waals surface area contributed by atoms with Gasteiger partial charge in [0.1, 0.15) is 0 Å². The summed E-state index contributed by atoms with van der Waals surface area (Å²) in [5, 5.41) is 13.9. The molecule has 1 heterocycles. The first-order valence-corrected chi connectivity index (χ1v) is 10.00. The second-order valence-electron chi connectivity index (χ2n) is 7.51. The molecule has 4 rings (SSSR count). The van der Waals surface area contributed by atoms with Crippen LogP contribution in [0.2, 0.25) is 0 Å². The predicted octanol–water partition coefficient (Wildman–Crippen LogP) is 5.11. The number of carbonyl (C=O) groups is 1. The van der Waals surface area contributed by atoms with Crippen molar-refractivity contribution in [3.63, 3.8) is 0 Å². The van der Waals surface area contributed by atoms with Crippen LogP contribution >= 0.6 is 0 Å². The Bertz CT molecular complexity index is 1090. The van der Waals surface area contributed by atoms with Crippen molar-refractivity contribution in [1.29, 1.82) is 0 Å². The lowest BCUT2D eigenvalue weighted by atomic mass is 10.0. The van der Waals surface area contributed by atoms with Gasteiger partial charge in [-0.2, -0.15) is 0 Å². The summed E-state index contributed by atoms with van der Waals surface area (Å²) < 4.78 is 0. The van der Waals surface area contributed by atoms with E-state index >= 15 is 0 Å². The van der Waals surface area contributed by atoms with E-state index in [1.54, 1.807) is 31.2 Å². The molecule has 0 unspecified atom stereocenters. The van der Waals surface area contributed by atoms with E-state index in [2.05, 4.69) is 34.5 Å². The second kappa shape index (κ2) is 8.37. The van der Waals surface area contributed by atoms with Crippen molar-refractivity contribution in [2.75, 3.05) is 16.8 Å². The highest BCUT2D eigenvalue weighted by Crippen LogP contribution is 2.28. The van der Waals surface area contributed by atoms with E-state index in [0.717, 1.165) is 31.5 Å². The number of carbonyl (C=O) groups excluding carboxylic acids is 1. The molecule has 3 aromatic rings. The molecule has 0 spiro atoms. The van der Waals surface area contributed by atoms with Crippen molar-refractivity contribution < 1.29 is 9.72 Å². The molecule has 0 aromatic heterocycles. The van der Waals surface area contributed by atoms with Gasteiger partial charge < -0.3 is 10.2 Å². The topological polar surface area (TPSA) is 75.5 Å². The molecule has 30 heavy (non-hydrogen) atoms. The van der Waals surface area contributed by atoms with Gasteiger partial charge in [0.2, 0.25) is 0 Å². The summed E-state index contributed by atoms with van der Waals surface area (Å²) in [5.74, 6) is -0.284. The summed E-state index contributed by atoms with van der Waals surface area (Å²) in [6, 6.07) is 20.7. The van der Waals surface area contributed by atoms with E-state index in [0.29, 0.717) is 16.8 Å². The Balaban J connectivity index is 1.46. The molecule has 0 atom stereocenters. The van der Waals surface area contributed by atoms with Crippen LogP contribution in [0, 0.1) is 17.0 Å². The minimum absolute atomic E-state index is 0.00930. The molecular weight excluding hydrogens is 378 g/mol. The number of hydrogen-bond acceptors (Lipinski definition) is 4. The Morgan fingerprint density at radius 3 is 2.60 bits per heavy atom. The molecule has 1 aliphatic heterocycles. The maximum atomic E-state index is 12.6. The van der Waals surface area contributed by atoms with Gasteiger partial charge in [0.15, 0.2) is 0 Å². The first kappa shape index (κ1) is 19.6. The van der Waals surface area contributed by atoms with E-state index in [-0.39, 0.29) is 11.6 Å². The maximum absolute atomic E-state index is 12.6. The van der Waals surface area contributed by atoms with Gasteiger partial charge in [-0.15, -0.1) is 0 Å². The van der Waals surface area contributed by atoms with Crippen molar-refractivity contribution in [3.05, 3.63) is 99.1 Å². The van der Waals surface area contributed by atoms with E-state index in [1.807, 2.05) is 12.1 Å². The molecule has 6 heteroatoms. The number of benzene rings is 3. The van der Waals surface area contributed by atoms with Gasteiger partial charge >= 0.3 is 0 Å². The van der Waals surface area contributed by atoms with Crippen LogP contribution in [-0.2, 0) is 13.0 Å². The molecule has 1 amide bonds. The van der Waals surface area contributed by atoms with Gasteiger partial charge in [0.25, 0.3) is 11.6 Å². The number of anilines is 2. The van der Waals surface area contributed by atoms with Crippen LogP contribution in [0.4, 0.5) is 17.1 Å². The minimum atomic E-state index is -0.446. The predicted molar refractivity (Wildman–Crippen MR) is 118 cm³/mol. The second-order valence-corrected chi connectivity index (χ2v) is 7.51. The minimum Gasteiger partial charge on any atom is -0.367 e. The van der Waals surface area contributed by atoms with E-state index in [4.69, 9.17) is 0 Å². The number of aryl methyl sites for hydroxylation is 1. The highest BCUT2D eigenvalue weighted by molar-refractivity contribution is 6.04. The van der Waals surface area contributed by atoms with E-state index < -0.39 is 4.92 Å². The Morgan fingerprint density at radius 2 is 1.83 bits per heavy atom. The van der Waals surface area contributed by atoms with E-state index in [9.17, 15) is 14.9 Å². The maximum Gasteiger partial charge on any atom is 0.274 e. The van der Waals surface area contributed by atoms with Crippen molar-refractivity contribution in [2.24, 2.45) is 0 Å². The number of nitrogens with zero attached hydrogens (tertiary/aromatic N) is 2. The number of nitro benzene ring substituents is 1. The fourth-order valence-corrected chi connectivity index (χ4v) is 3.91. The Hall–Kier alpha value is -3.67. The number of nitro groups is 1. The molecule has 0 saturated heterocycles. The molecule has 0 bridgehead atoms. The summed E-state index contributed by atoms with van der Waals surface area (Å²) in [7, 11) is 0. The fourth-order valence-electron chi connectivity index (χ4n) is 3.91. The van der Waals surface area contributed by atoms with Gasteiger partial charge in [-0.1, -0.05) is 36.4 Å². The quantitative estimate of drug-likeness (QED) is 0.476. The Kier molecular flexibility index (Phi) is 5.48. The van der Waals surface area contributed by atoms with Crippen LogP contribution in [-0.4, -0.2) is 17.4 Å². The molecule has 0 radical (unpaired) electrons. The highest BCUT2D eigenvalue weighted by Gasteiger charge is 2.17. The molecule has 1 N–H and O–H groups in total. The molecule has 152 valence electrons. The third-order valence-corrected chi connectivity index (χ3v) is 5.55. The summed E-state index contributed by atoms with van der Waals surface area (Å²) >= 11 is 0. The average Bonchev–Trinajstić information content (AvgIpc) is 2.76. The van der Waals surface area contributed by atoms with Crippen LogP contribution in [0.15, 0.2) is 66.7 Å². The fraction of sp³-hybridized carbons (Fsp3) is 0.208. The van der Waals surface area contributed by atoms with Crippen LogP contribution in [0.1, 0.15) is 33.5 Å². The normalized spacial score (nSPS) is 12.9. The van der Waals surface area contributed by atoms with Crippen LogP contribution in [0.3, 0.4) is 0 Å². The zero-order valence-electron chi connectivity index (χ0n) is 16.8. The Morgan fingerprint density at radius 1 is 1.07 bits per heavy atom. The smallest absolute Gasteiger partial charge is 0.274 e. The van der Waals surface area contributed by atoms with Crippen molar-refractivity contribution in [2.45, 2.75) is 26.3 Å². The van der Waals surface area contributed by atoms with Crippen LogP contribution in [0.25, 0.3) is 0 Å². The molecule has 6 nitrogen and oxygen atoms in total. The first-order chi connectivity index (χ1) is 14.5. The summed E-state index contributed by atoms with van der Waals surface area (Å²) in [5.41, 5.74) is 5.20. The van der Waals surface area contributed by atoms with Crippen molar-refractivity contribution >= 4 is 23.0 Å². The SMILES string of the molecule is Cc1c(NC(=O)c2ccc(CN3CCCc4ccccc43)cc2)cccc1[N+](=O)[O-]. The molecule has 1 aliphatic rings. The number of fused-ring (bicyclic) bond motifs is 1. The number of nitrogens with one attached hydrogen (secondary N) is 1. The standard InChI is InChI=1S/C24H23N3O3/c1-17-21(8-4-10-22(17)27(29)30)25-24(28)20-13-11-18(12-14-20)16-26-15-5-7-19-6-2-3-9-23(19)26/h2-4,6,8-14H,5,7,15-16H2,1H3,(H,25,28). The number of amides is 1. The summed E-state index contributed by atoms with van der Waals surface area (Å²) in [6.45, 7) is 3.45. The summed E-state index contributed by atoms with van der Waals surface area (Å²) in [4.78, 5) is 25.6. The average molecular weight is 401 g/mol. The van der Waals surface area contributed by atoms with Gasteiger partial charge in [0.05, 0.1) is 16.2 Å². The summed E-state index contributed by atoms with van der Waals surface area (Å²) in [6.07, 6.45) is 2.25. The highest BCUT2D eigenvalue weighted by atomic mass is 16.6. The number of rotatable bonds is 5. The Labute approximate surface area is 175 Å². The lowest BCUT2D eigenvalue weighted by molar-refractivity contribution is -0.385. The third kappa shape index (κ3) is 4.03. The first-order valence-electron chi connectivity index (χ1n) is 10.00. The largest absolute Gasteiger partial charge is 0.367 e. The van der Waals surface area contributed by atoms with Crippen LogP contribution in [0.5, 0.6) is 0 Å². The molecular formula is C24H23N3O3. The molecule has 3 aromatic carbocycles. The van der Waals surface area contributed by atoms with Crippen LogP contribution < -0.4 is 10.2 Å². The zero-order chi connectivity index (χ0) is 21.1. The number of para-hydroxylation sites is 1. The molecule has 0 fully saturated rings. The van der Waals surface area contributed by atoms with Crippen molar-refractivity contribution in [3.8, 4) is 0 Å². The van der Waals surface area contributed by atoms with Gasteiger partial charge in [-0.05, 0) is 55.2 Å². The zero-order valence-corrected chi connectivity index (χ0v) is 16.8. The van der Waals surface area contributed by atoms with Gasteiger partial charge in [-0.25, -0.2) is 0 Å². The lowest BCUT2D eigenvalue weighted by Crippen LogP contribution is -2.28. The molecule has 0 saturated carbocycles. The lowest BCUT2D eigenvalue weighted by Gasteiger charge is -2.31. The third-order valence-electron chi connectivity index (χ3n) is 5.55. The monoisotopic (exact) mass is 401 g/mol. The molecule has 0 aliphatic carbocycles. The van der Waals surface area contributed by atoms with Gasteiger partial charge in [0, 0.05) is 30.4 Å². The van der Waals surface area contributed by atoms with E-state index in [1.165, 1.54) is 17.3 Å². The van der Waals surface area contributed by atoms with Gasteiger partial charge in [-0.3, -0.25) is 14.9 Å². The number of hydrogen-bond donors (Lipinski definition) is 1. The van der Waals surface area contributed by atoms with Crippen molar-refractivity contribution in [1.82, 2.24) is 0 Å².